The third-order valence-electron chi connectivity index (χ3n) is 5.08. The number of hydrogen-bond acceptors (Lipinski definition) is 7. The van der Waals surface area contributed by atoms with Gasteiger partial charge in [-0.25, -0.2) is 23.5 Å². The van der Waals surface area contributed by atoms with Gasteiger partial charge in [0.1, 0.15) is 5.82 Å². The SMILES string of the molecule is NS(=O)(=O)c1cc(NC(=O)c2cc(C(F)(F)F)cnc2N2CCC(n3cccn3)C2)ccn1. The highest BCUT2D eigenvalue weighted by molar-refractivity contribution is 7.89. The molecule has 0 bridgehead atoms. The zero-order valence-corrected chi connectivity index (χ0v) is 17.7. The number of primary sulfonamides is 1. The van der Waals surface area contributed by atoms with Crippen LogP contribution in [-0.2, 0) is 16.2 Å². The van der Waals surface area contributed by atoms with Crippen molar-refractivity contribution in [2.45, 2.75) is 23.7 Å². The van der Waals surface area contributed by atoms with E-state index in [0.29, 0.717) is 25.7 Å². The van der Waals surface area contributed by atoms with Gasteiger partial charge in [-0.2, -0.15) is 18.3 Å². The van der Waals surface area contributed by atoms with Gasteiger partial charge in [-0.15, -0.1) is 0 Å². The van der Waals surface area contributed by atoms with Crippen molar-refractivity contribution < 1.29 is 26.4 Å². The molecule has 1 atom stereocenters. The van der Waals surface area contributed by atoms with Gasteiger partial charge in [0.25, 0.3) is 15.9 Å². The Morgan fingerprint density at radius 1 is 1.21 bits per heavy atom. The first-order valence-corrected chi connectivity index (χ1v) is 11.2. The summed E-state index contributed by atoms with van der Waals surface area (Å²) in [5.41, 5.74) is -1.39. The van der Waals surface area contributed by atoms with E-state index in [1.165, 1.54) is 6.07 Å². The Kier molecular flexibility index (Phi) is 5.80. The molecular formula is C19H18F3N7O3S. The third-order valence-corrected chi connectivity index (χ3v) is 5.89. The summed E-state index contributed by atoms with van der Waals surface area (Å²) in [6.45, 7) is 0.846. The van der Waals surface area contributed by atoms with Crippen molar-refractivity contribution in [2.75, 3.05) is 23.3 Å². The number of carbonyl (C=O) groups excluding carboxylic acids is 1. The number of nitrogens with zero attached hydrogens (tertiary/aromatic N) is 5. The highest BCUT2D eigenvalue weighted by atomic mass is 32.2. The van der Waals surface area contributed by atoms with Gasteiger partial charge < -0.3 is 10.2 Å². The molecule has 1 unspecified atom stereocenters. The number of rotatable bonds is 5. The molecule has 3 N–H and O–H groups in total. The van der Waals surface area contributed by atoms with Gasteiger partial charge >= 0.3 is 6.18 Å². The van der Waals surface area contributed by atoms with Crippen LogP contribution in [0.5, 0.6) is 0 Å². The summed E-state index contributed by atoms with van der Waals surface area (Å²) in [4.78, 5) is 22.2. The first-order chi connectivity index (χ1) is 15.5. The zero-order chi connectivity index (χ0) is 23.8. The lowest BCUT2D eigenvalue weighted by atomic mass is 10.1. The topological polar surface area (TPSA) is 136 Å². The van der Waals surface area contributed by atoms with Crippen LogP contribution in [0.15, 0.2) is 54.1 Å². The number of pyridine rings is 2. The normalized spacial score (nSPS) is 16.7. The van der Waals surface area contributed by atoms with Gasteiger partial charge in [-0.1, -0.05) is 0 Å². The minimum absolute atomic E-state index is 0.00164. The van der Waals surface area contributed by atoms with Crippen LogP contribution in [0.1, 0.15) is 28.4 Å². The van der Waals surface area contributed by atoms with Crippen molar-refractivity contribution in [2.24, 2.45) is 5.14 Å². The van der Waals surface area contributed by atoms with Crippen molar-refractivity contribution in [3.8, 4) is 0 Å². The fourth-order valence-corrected chi connectivity index (χ4v) is 4.02. The van der Waals surface area contributed by atoms with E-state index in [4.69, 9.17) is 5.14 Å². The van der Waals surface area contributed by atoms with Gasteiger partial charge in [0.15, 0.2) is 5.03 Å². The predicted octanol–water partition coefficient (Wildman–Crippen LogP) is 2.04. The van der Waals surface area contributed by atoms with Crippen molar-refractivity contribution in [1.29, 1.82) is 0 Å². The van der Waals surface area contributed by atoms with E-state index in [1.54, 1.807) is 28.0 Å². The Balaban J connectivity index is 1.66. The maximum atomic E-state index is 13.3. The molecule has 1 amide bonds. The van der Waals surface area contributed by atoms with Gasteiger partial charge in [-0.3, -0.25) is 9.48 Å². The first-order valence-electron chi connectivity index (χ1n) is 9.64. The van der Waals surface area contributed by atoms with E-state index in [2.05, 4.69) is 20.4 Å². The molecule has 14 heteroatoms. The van der Waals surface area contributed by atoms with Crippen molar-refractivity contribution in [1.82, 2.24) is 19.7 Å². The van der Waals surface area contributed by atoms with Gasteiger partial charge in [0, 0.05) is 49.6 Å². The second kappa shape index (κ2) is 8.44. The summed E-state index contributed by atoms with van der Waals surface area (Å²) in [5.74, 6) is -0.811. The van der Waals surface area contributed by atoms with E-state index in [9.17, 15) is 26.4 Å². The largest absolute Gasteiger partial charge is 0.417 e. The zero-order valence-electron chi connectivity index (χ0n) is 16.9. The smallest absolute Gasteiger partial charge is 0.354 e. The average Bonchev–Trinajstić information content (AvgIpc) is 3.44. The highest BCUT2D eigenvalue weighted by Gasteiger charge is 2.34. The number of halogens is 3. The number of anilines is 2. The molecule has 0 radical (unpaired) electrons. The monoisotopic (exact) mass is 481 g/mol. The summed E-state index contributed by atoms with van der Waals surface area (Å²) in [5, 5.41) is 11.1. The Hall–Kier alpha value is -3.52. The van der Waals surface area contributed by atoms with Gasteiger partial charge in [-0.05, 0) is 24.6 Å². The number of amides is 1. The second-order valence-corrected chi connectivity index (χ2v) is 8.86. The first kappa shape index (κ1) is 22.7. The van der Waals surface area contributed by atoms with E-state index < -0.39 is 32.7 Å². The average molecular weight is 481 g/mol. The lowest BCUT2D eigenvalue weighted by Crippen LogP contribution is -2.26. The fourth-order valence-electron chi connectivity index (χ4n) is 3.52. The number of aromatic nitrogens is 4. The van der Waals surface area contributed by atoms with E-state index in [-0.39, 0.29) is 23.1 Å². The molecule has 3 aromatic heterocycles. The van der Waals surface area contributed by atoms with E-state index >= 15 is 0 Å². The number of sulfonamides is 1. The van der Waals surface area contributed by atoms with Crippen LogP contribution in [0.4, 0.5) is 24.7 Å². The summed E-state index contributed by atoms with van der Waals surface area (Å²) in [6.07, 6.45) is 1.15. The van der Waals surface area contributed by atoms with Crippen LogP contribution in [0.2, 0.25) is 0 Å². The van der Waals surface area contributed by atoms with Crippen molar-refractivity contribution >= 4 is 27.4 Å². The lowest BCUT2D eigenvalue weighted by Gasteiger charge is -2.21. The molecule has 1 saturated heterocycles. The minimum Gasteiger partial charge on any atom is -0.354 e. The number of nitrogens with one attached hydrogen (secondary N) is 1. The molecule has 1 fully saturated rings. The van der Waals surface area contributed by atoms with Gasteiger partial charge in [0.05, 0.1) is 17.2 Å². The molecule has 174 valence electrons. The molecular weight excluding hydrogens is 463 g/mol. The van der Waals surface area contributed by atoms with Crippen LogP contribution in [0.25, 0.3) is 0 Å². The van der Waals surface area contributed by atoms with Crippen LogP contribution < -0.4 is 15.4 Å². The quantitative estimate of drug-likeness (QED) is 0.569. The summed E-state index contributed by atoms with van der Waals surface area (Å²) in [7, 11) is -4.14. The molecule has 33 heavy (non-hydrogen) atoms. The Morgan fingerprint density at radius 2 is 2.00 bits per heavy atom. The second-order valence-electron chi connectivity index (χ2n) is 7.35. The minimum atomic E-state index is -4.71. The Bertz CT molecular complexity index is 1280. The number of alkyl halides is 3. The van der Waals surface area contributed by atoms with E-state index in [0.717, 1.165) is 18.3 Å². The van der Waals surface area contributed by atoms with Crippen molar-refractivity contribution in [3.63, 3.8) is 0 Å². The molecule has 0 aliphatic carbocycles. The predicted molar refractivity (Wildman–Crippen MR) is 111 cm³/mol. The lowest BCUT2D eigenvalue weighted by molar-refractivity contribution is -0.137. The standard InChI is InChI=1S/C19H18F3N7O3S/c20-19(21,22)12-8-15(18(30)27-13-2-5-24-16(9-13)33(23,31)32)17(25-10-12)28-7-3-14(11-28)29-6-1-4-26-29/h1-2,4-6,8-10,14H,3,7,11H2,(H2,23,31,32)(H,24,27,30). The van der Waals surface area contributed by atoms with Gasteiger partial charge in [0.2, 0.25) is 0 Å². The fraction of sp³-hybridized carbons (Fsp3) is 0.263. The van der Waals surface area contributed by atoms with Crippen LogP contribution in [-0.4, -0.2) is 47.2 Å². The maximum absolute atomic E-state index is 13.3. The molecule has 1 aliphatic rings. The molecule has 0 aromatic carbocycles. The van der Waals surface area contributed by atoms with E-state index in [1.807, 2.05) is 0 Å². The molecule has 10 nitrogen and oxygen atoms in total. The molecule has 0 spiro atoms. The van der Waals surface area contributed by atoms with Crippen LogP contribution in [0, 0.1) is 0 Å². The van der Waals surface area contributed by atoms with Crippen LogP contribution in [0.3, 0.4) is 0 Å². The Labute approximate surface area is 186 Å². The van der Waals surface area contributed by atoms with Crippen molar-refractivity contribution in [3.05, 3.63) is 60.2 Å². The molecule has 3 aromatic rings. The molecule has 1 aliphatic heterocycles. The maximum Gasteiger partial charge on any atom is 0.417 e. The number of hydrogen-bond donors (Lipinski definition) is 2. The third kappa shape index (κ3) is 4.96. The Morgan fingerprint density at radius 3 is 2.67 bits per heavy atom. The number of carbonyl (C=O) groups is 1. The molecule has 4 rings (SSSR count). The van der Waals surface area contributed by atoms with Crippen LogP contribution >= 0.6 is 0 Å². The summed E-state index contributed by atoms with van der Waals surface area (Å²) < 4.78 is 64.7. The molecule has 4 heterocycles. The molecule has 0 saturated carbocycles. The highest BCUT2D eigenvalue weighted by Crippen LogP contribution is 2.34. The summed E-state index contributed by atoms with van der Waals surface area (Å²) in [6, 6.07) is 4.76. The summed E-state index contributed by atoms with van der Waals surface area (Å²) >= 11 is 0. The number of nitrogens with two attached hydrogens (primary N) is 1.